The second-order valence-corrected chi connectivity index (χ2v) is 9.48. The Bertz CT molecular complexity index is 1460. The highest BCUT2D eigenvalue weighted by atomic mass is 35.5. The van der Waals surface area contributed by atoms with Gasteiger partial charge in [-0.3, -0.25) is 9.59 Å². The van der Waals surface area contributed by atoms with Crippen molar-refractivity contribution in [2.75, 3.05) is 18.8 Å². The van der Waals surface area contributed by atoms with Gasteiger partial charge in [-0.25, -0.2) is 13.9 Å². The van der Waals surface area contributed by atoms with Crippen LogP contribution in [0.2, 0.25) is 5.02 Å². The summed E-state index contributed by atoms with van der Waals surface area (Å²) in [6, 6.07) is 2.01. The van der Waals surface area contributed by atoms with E-state index in [4.69, 9.17) is 17.3 Å². The number of benzene rings is 1. The van der Waals surface area contributed by atoms with Crippen LogP contribution in [0.4, 0.5) is 36.6 Å². The average Bonchev–Trinajstić information content (AvgIpc) is 3.41. The minimum atomic E-state index is -4.82. The number of carbonyl (C=O) groups is 2. The van der Waals surface area contributed by atoms with Crippen molar-refractivity contribution in [3.63, 3.8) is 0 Å². The van der Waals surface area contributed by atoms with Crippen LogP contribution < -0.4 is 11.1 Å². The van der Waals surface area contributed by atoms with Gasteiger partial charge < -0.3 is 16.0 Å². The number of hydrogen-bond acceptors (Lipinski definition) is 5. The molecule has 39 heavy (non-hydrogen) atoms. The summed E-state index contributed by atoms with van der Waals surface area (Å²) in [5.74, 6) is -5.06. The molecule has 1 aliphatic heterocycles. The molecule has 3 heterocycles. The Hall–Kier alpha value is -3.62. The molecule has 1 aliphatic rings. The van der Waals surface area contributed by atoms with E-state index < -0.39 is 72.3 Å². The molecule has 210 valence electrons. The lowest BCUT2D eigenvalue weighted by molar-refractivity contribution is -0.185. The van der Waals surface area contributed by atoms with E-state index in [-0.39, 0.29) is 27.4 Å². The number of hydrogen-bond donors (Lipinski definition) is 2. The fourth-order valence-electron chi connectivity index (χ4n) is 4.31. The molecular weight excluding hydrogens is 561 g/mol. The number of carbonyl (C=O) groups excluding carboxylic acids is 2. The Morgan fingerprint density at radius 1 is 1.15 bits per heavy atom. The number of fused-ring (bicyclic) bond motifs is 1. The first-order valence-corrected chi connectivity index (χ1v) is 11.7. The van der Waals surface area contributed by atoms with Gasteiger partial charge in [0.1, 0.15) is 23.9 Å². The molecule has 2 amide bonds. The summed E-state index contributed by atoms with van der Waals surface area (Å²) in [7, 11) is 0. The van der Waals surface area contributed by atoms with E-state index in [0.29, 0.717) is 11.8 Å². The lowest BCUT2D eigenvalue weighted by atomic mass is 10.0. The lowest BCUT2D eigenvalue weighted by Crippen LogP contribution is -2.43. The number of nitrogens with zero attached hydrogens (tertiary/aromatic N) is 4. The number of amides is 2. The number of aromatic nitrogens is 3. The predicted molar refractivity (Wildman–Crippen MR) is 126 cm³/mol. The average molecular weight is 581 g/mol. The third kappa shape index (κ3) is 5.31. The van der Waals surface area contributed by atoms with Crippen molar-refractivity contribution in [3.05, 3.63) is 46.2 Å². The Kier molecular flexibility index (Phi) is 7.17. The molecule has 8 nitrogen and oxygen atoms in total. The van der Waals surface area contributed by atoms with Crippen molar-refractivity contribution in [3.8, 4) is 11.3 Å². The maximum absolute atomic E-state index is 14.6. The van der Waals surface area contributed by atoms with Gasteiger partial charge in [-0.15, -0.1) is 0 Å². The van der Waals surface area contributed by atoms with E-state index in [1.54, 1.807) is 0 Å². The van der Waals surface area contributed by atoms with E-state index >= 15 is 0 Å². The Morgan fingerprint density at radius 3 is 2.44 bits per heavy atom. The van der Waals surface area contributed by atoms with Gasteiger partial charge in [0.05, 0.1) is 34.4 Å². The minimum Gasteiger partial charge on any atom is -0.382 e. The molecule has 4 rings (SSSR count). The number of halogens is 8. The number of rotatable bonds is 4. The lowest BCUT2D eigenvalue weighted by Gasteiger charge is -2.22. The number of alkyl halides is 7. The van der Waals surface area contributed by atoms with Gasteiger partial charge in [0.25, 0.3) is 5.91 Å². The molecule has 1 unspecified atom stereocenters. The highest BCUT2D eigenvalue weighted by Crippen LogP contribution is 2.39. The van der Waals surface area contributed by atoms with Crippen molar-refractivity contribution < 1.29 is 40.3 Å². The van der Waals surface area contributed by atoms with Gasteiger partial charge in [-0.1, -0.05) is 11.6 Å². The smallest absolute Gasteiger partial charge is 0.382 e. The molecular formula is C23H20ClF7N6O2. The molecule has 3 aromatic rings. The van der Waals surface area contributed by atoms with Crippen LogP contribution in [0.1, 0.15) is 28.4 Å². The predicted octanol–water partition coefficient (Wildman–Crippen LogP) is 4.44. The van der Waals surface area contributed by atoms with Crippen LogP contribution in [0.5, 0.6) is 0 Å². The summed E-state index contributed by atoms with van der Waals surface area (Å²) in [5, 5.41) is 6.09. The molecule has 3 atom stereocenters. The van der Waals surface area contributed by atoms with Gasteiger partial charge >= 0.3 is 12.4 Å². The molecule has 0 radical (unpaired) electrons. The van der Waals surface area contributed by atoms with E-state index in [0.717, 1.165) is 16.9 Å². The van der Waals surface area contributed by atoms with Crippen LogP contribution in [0, 0.1) is 12.8 Å². The van der Waals surface area contributed by atoms with Crippen molar-refractivity contribution in [2.45, 2.75) is 38.4 Å². The SMILES string of the molecule is Cc1cc(-c2cc(C(F)(F)F)c3c(N)ncnn23)cc(C(=O)N[C@@H]2CN(C(=O)C(C)C(F)(F)F)C[C@@H]2F)c1Cl. The number of likely N-dealkylation sites (tertiary alicyclic amines) is 1. The second-order valence-electron chi connectivity index (χ2n) is 9.10. The number of anilines is 1. The molecule has 1 saturated heterocycles. The van der Waals surface area contributed by atoms with E-state index in [1.165, 1.54) is 19.1 Å². The Balaban J connectivity index is 1.66. The van der Waals surface area contributed by atoms with Gasteiger partial charge in [-0.2, -0.15) is 31.4 Å². The van der Waals surface area contributed by atoms with Crippen LogP contribution in [0.3, 0.4) is 0 Å². The molecule has 3 N–H and O–H groups in total. The summed E-state index contributed by atoms with van der Waals surface area (Å²) in [5.41, 5.74) is 4.10. The molecule has 16 heteroatoms. The largest absolute Gasteiger partial charge is 0.418 e. The third-order valence-electron chi connectivity index (χ3n) is 6.42. The van der Waals surface area contributed by atoms with Crippen molar-refractivity contribution in [1.82, 2.24) is 24.8 Å². The van der Waals surface area contributed by atoms with Crippen LogP contribution in [0.15, 0.2) is 24.5 Å². The second kappa shape index (κ2) is 9.84. The standard InChI is InChI=1S/C23H20ClF7N6O2/c1-9-3-11(16-5-13(23(29,30)31)18-19(32)33-8-34-37(16)18)4-12(17(9)24)20(38)35-15-7-36(6-14(15)25)21(39)10(2)22(26,27)28/h3-5,8,10,14-15H,6-7H2,1-2H3,(H,35,38)(H2,32,33,34)/t10?,14-,15+/m0/s1. The fourth-order valence-corrected chi connectivity index (χ4v) is 4.51. The first-order valence-electron chi connectivity index (χ1n) is 11.3. The summed E-state index contributed by atoms with van der Waals surface area (Å²) in [6.07, 6.45) is -10.5. The van der Waals surface area contributed by atoms with E-state index in [1.807, 2.05) is 0 Å². The highest BCUT2D eigenvalue weighted by molar-refractivity contribution is 6.34. The normalized spacial score (nSPS) is 19.0. The monoisotopic (exact) mass is 580 g/mol. The summed E-state index contributed by atoms with van der Waals surface area (Å²) < 4.78 is 95.4. The quantitative estimate of drug-likeness (QED) is 0.444. The fraction of sp³-hybridized carbons (Fsp3) is 0.391. The third-order valence-corrected chi connectivity index (χ3v) is 6.92. The summed E-state index contributed by atoms with van der Waals surface area (Å²) >= 11 is 6.28. The molecule has 1 aromatic carbocycles. The first-order chi connectivity index (χ1) is 18.0. The van der Waals surface area contributed by atoms with Gasteiger partial charge in [-0.05, 0) is 37.6 Å². The van der Waals surface area contributed by atoms with Gasteiger partial charge in [0.15, 0.2) is 5.82 Å². The topological polar surface area (TPSA) is 106 Å². The first kappa shape index (κ1) is 28.4. The van der Waals surface area contributed by atoms with Crippen LogP contribution >= 0.6 is 11.6 Å². The van der Waals surface area contributed by atoms with Crippen LogP contribution in [0.25, 0.3) is 16.8 Å². The Morgan fingerprint density at radius 2 is 1.82 bits per heavy atom. The zero-order valence-corrected chi connectivity index (χ0v) is 20.9. The molecule has 1 fully saturated rings. The zero-order valence-electron chi connectivity index (χ0n) is 20.2. The van der Waals surface area contributed by atoms with Gasteiger partial charge in [0, 0.05) is 12.1 Å². The maximum atomic E-state index is 14.6. The van der Waals surface area contributed by atoms with Crippen molar-refractivity contribution in [2.24, 2.45) is 5.92 Å². The summed E-state index contributed by atoms with van der Waals surface area (Å²) in [6.45, 7) is 0.966. The van der Waals surface area contributed by atoms with E-state index in [2.05, 4.69) is 15.4 Å². The minimum absolute atomic E-state index is 0.0877. The molecule has 0 bridgehead atoms. The number of nitrogens with one attached hydrogen (secondary N) is 1. The molecule has 0 saturated carbocycles. The Labute approximate surface area is 220 Å². The maximum Gasteiger partial charge on any atom is 0.418 e. The van der Waals surface area contributed by atoms with Gasteiger partial charge in [0.2, 0.25) is 5.91 Å². The van der Waals surface area contributed by atoms with Crippen LogP contribution in [-0.2, 0) is 11.0 Å². The zero-order chi connectivity index (χ0) is 29.0. The van der Waals surface area contributed by atoms with E-state index in [9.17, 15) is 40.3 Å². The summed E-state index contributed by atoms with van der Waals surface area (Å²) in [4.78, 5) is 29.5. The van der Waals surface area contributed by atoms with Crippen molar-refractivity contribution in [1.29, 1.82) is 0 Å². The van der Waals surface area contributed by atoms with Crippen molar-refractivity contribution >= 4 is 34.7 Å². The number of nitrogens with two attached hydrogens (primary N) is 1. The molecule has 2 aromatic heterocycles. The number of aryl methyl sites for hydroxylation is 1. The number of nitrogen functional groups attached to an aromatic ring is 1. The van der Waals surface area contributed by atoms with Crippen LogP contribution in [-0.4, -0.2) is 62.8 Å². The highest BCUT2D eigenvalue weighted by Gasteiger charge is 2.46. The molecule has 0 spiro atoms. The molecule has 0 aliphatic carbocycles.